The van der Waals surface area contributed by atoms with Gasteiger partial charge in [-0.25, -0.2) is 4.98 Å². The zero-order chi connectivity index (χ0) is 17.8. The highest BCUT2D eigenvalue weighted by Gasteiger charge is 2.13. The topological polar surface area (TPSA) is 77.8 Å². The molecule has 0 fully saturated rings. The lowest BCUT2D eigenvalue weighted by Crippen LogP contribution is -2.06. The summed E-state index contributed by atoms with van der Waals surface area (Å²) in [6.07, 6.45) is 5.70. The molecule has 132 valence electrons. The first-order valence-electron chi connectivity index (χ1n) is 7.93. The Bertz CT molecular complexity index is 884. The summed E-state index contributed by atoms with van der Waals surface area (Å²) in [4.78, 5) is 12.9. The van der Waals surface area contributed by atoms with Crippen molar-refractivity contribution in [2.75, 3.05) is 19.0 Å². The molecule has 0 aliphatic rings. The van der Waals surface area contributed by atoms with Gasteiger partial charge in [0.05, 0.1) is 19.9 Å². The highest BCUT2D eigenvalue weighted by atomic mass is 79.9. The van der Waals surface area contributed by atoms with Gasteiger partial charge < -0.3 is 10.1 Å². The van der Waals surface area contributed by atoms with Crippen molar-refractivity contribution in [3.63, 3.8) is 0 Å². The van der Waals surface area contributed by atoms with Gasteiger partial charge in [-0.2, -0.15) is 10.1 Å². The Balaban J connectivity index is 1.92. The number of unbranched alkanes of at least 4 members (excludes halogenated alkanes) is 1. The van der Waals surface area contributed by atoms with Gasteiger partial charge in [0.25, 0.3) is 0 Å². The summed E-state index contributed by atoms with van der Waals surface area (Å²) in [5.41, 5.74) is 2.16. The number of methoxy groups -OCH3 is 1. The SMILES string of the molecule is CCCCNc1nc(Cl)nc2cn(Cc3ncc(Br)cc3OC)nc12. The molecule has 0 aliphatic carbocycles. The van der Waals surface area contributed by atoms with E-state index in [4.69, 9.17) is 16.3 Å². The standard InChI is InChI=1S/C16H18BrClN6O/c1-3-4-5-19-15-14-12(21-16(18)22-15)9-24(23-14)8-11-13(25-2)6-10(17)7-20-11/h6-7,9H,3-5,8H2,1-2H3,(H,19,21,22). The maximum absolute atomic E-state index is 6.03. The van der Waals surface area contributed by atoms with Crippen molar-refractivity contribution in [3.05, 3.63) is 33.9 Å². The van der Waals surface area contributed by atoms with E-state index in [9.17, 15) is 0 Å². The molecule has 0 unspecified atom stereocenters. The van der Waals surface area contributed by atoms with Crippen LogP contribution < -0.4 is 10.1 Å². The van der Waals surface area contributed by atoms with Gasteiger partial charge in [0.1, 0.15) is 17.0 Å². The number of hydrogen-bond donors (Lipinski definition) is 1. The molecule has 0 aromatic carbocycles. The van der Waals surface area contributed by atoms with Crippen molar-refractivity contribution in [2.45, 2.75) is 26.3 Å². The molecule has 3 heterocycles. The van der Waals surface area contributed by atoms with Gasteiger partial charge in [0.15, 0.2) is 11.3 Å². The van der Waals surface area contributed by atoms with Crippen molar-refractivity contribution in [2.24, 2.45) is 0 Å². The summed E-state index contributed by atoms with van der Waals surface area (Å²) in [6, 6.07) is 1.87. The van der Waals surface area contributed by atoms with Crippen molar-refractivity contribution in [1.29, 1.82) is 0 Å². The zero-order valence-corrected chi connectivity index (χ0v) is 16.3. The monoisotopic (exact) mass is 424 g/mol. The molecule has 0 saturated heterocycles. The van der Waals surface area contributed by atoms with Crippen molar-refractivity contribution >= 4 is 44.4 Å². The molecule has 3 rings (SSSR count). The molecule has 3 aromatic rings. The molecular weight excluding hydrogens is 408 g/mol. The Morgan fingerprint density at radius 2 is 2.20 bits per heavy atom. The van der Waals surface area contributed by atoms with Crippen LogP contribution in [0.15, 0.2) is 22.9 Å². The van der Waals surface area contributed by atoms with Crippen LogP contribution >= 0.6 is 27.5 Å². The lowest BCUT2D eigenvalue weighted by Gasteiger charge is -2.07. The van der Waals surface area contributed by atoms with Gasteiger partial charge >= 0.3 is 0 Å². The molecule has 25 heavy (non-hydrogen) atoms. The summed E-state index contributed by atoms with van der Waals surface area (Å²) in [7, 11) is 1.62. The Labute approximate surface area is 158 Å². The van der Waals surface area contributed by atoms with E-state index in [-0.39, 0.29) is 5.28 Å². The predicted octanol–water partition coefficient (Wildman–Crippen LogP) is 3.91. The summed E-state index contributed by atoms with van der Waals surface area (Å²) >= 11 is 9.43. The maximum atomic E-state index is 6.03. The van der Waals surface area contributed by atoms with Crippen LogP contribution in [0.5, 0.6) is 5.75 Å². The largest absolute Gasteiger partial charge is 0.495 e. The van der Waals surface area contributed by atoms with Crippen molar-refractivity contribution < 1.29 is 4.74 Å². The molecule has 0 atom stereocenters. The minimum Gasteiger partial charge on any atom is -0.495 e. The first-order valence-corrected chi connectivity index (χ1v) is 9.10. The number of rotatable bonds is 7. The van der Waals surface area contributed by atoms with E-state index in [1.54, 1.807) is 18.0 Å². The predicted molar refractivity (Wildman–Crippen MR) is 101 cm³/mol. The van der Waals surface area contributed by atoms with Crippen LogP contribution in [0.4, 0.5) is 5.82 Å². The van der Waals surface area contributed by atoms with Gasteiger partial charge in [-0.3, -0.25) is 9.67 Å². The number of hydrogen-bond acceptors (Lipinski definition) is 6. The second-order valence-corrected chi connectivity index (χ2v) is 6.74. The number of halogens is 2. The van der Waals surface area contributed by atoms with E-state index in [2.05, 4.69) is 48.2 Å². The summed E-state index contributed by atoms with van der Waals surface area (Å²) < 4.78 is 8.01. The second-order valence-electron chi connectivity index (χ2n) is 5.48. The average Bonchev–Trinajstić information content (AvgIpc) is 2.99. The van der Waals surface area contributed by atoms with E-state index in [1.165, 1.54) is 0 Å². The Kier molecular flexibility index (Phi) is 5.70. The van der Waals surface area contributed by atoms with Gasteiger partial charge in [-0.15, -0.1) is 0 Å². The van der Waals surface area contributed by atoms with Crippen molar-refractivity contribution in [1.82, 2.24) is 24.7 Å². The maximum Gasteiger partial charge on any atom is 0.225 e. The first-order chi connectivity index (χ1) is 12.1. The molecule has 0 radical (unpaired) electrons. The minimum atomic E-state index is 0.199. The third kappa shape index (κ3) is 4.19. The third-order valence-electron chi connectivity index (χ3n) is 3.64. The summed E-state index contributed by atoms with van der Waals surface area (Å²) in [5, 5.41) is 8.07. The van der Waals surface area contributed by atoms with E-state index in [0.717, 1.165) is 29.6 Å². The number of pyridine rings is 1. The zero-order valence-electron chi connectivity index (χ0n) is 14.0. The number of anilines is 1. The molecule has 0 saturated carbocycles. The van der Waals surface area contributed by atoms with Crippen LogP contribution in [0.1, 0.15) is 25.5 Å². The molecule has 7 nitrogen and oxygen atoms in total. The van der Waals surface area contributed by atoms with Gasteiger partial charge in [0, 0.05) is 17.2 Å². The Hall–Kier alpha value is -1.93. The van der Waals surface area contributed by atoms with Gasteiger partial charge in [-0.05, 0) is 40.0 Å². The van der Waals surface area contributed by atoms with E-state index < -0.39 is 0 Å². The number of fused-ring (bicyclic) bond motifs is 1. The van der Waals surface area contributed by atoms with Crippen LogP contribution in [0.2, 0.25) is 5.28 Å². The fourth-order valence-electron chi connectivity index (χ4n) is 2.42. The first kappa shape index (κ1) is 17.9. The smallest absolute Gasteiger partial charge is 0.225 e. The van der Waals surface area contributed by atoms with Gasteiger partial charge in [0.2, 0.25) is 5.28 Å². The van der Waals surface area contributed by atoms with Crippen LogP contribution in [-0.2, 0) is 6.54 Å². The third-order valence-corrected chi connectivity index (χ3v) is 4.24. The fraction of sp³-hybridized carbons (Fsp3) is 0.375. The second kappa shape index (κ2) is 7.97. The van der Waals surface area contributed by atoms with Crippen LogP contribution in [0.25, 0.3) is 11.0 Å². The number of aromatic nitrogens is 5. The fourth-order valence-corrected chi connectivity index (χ4v) is 2.90. The lowest BCUT2D eigenvalue weighted by molar-refractivity contribution is 0.404. The van der Waals surface area contributed by atoms with Crippen LogP contribution in [0, 0.1) is 0 Å². The number of nitrogens with one attached hydrogen (secondary N) is 1. The average molecular weight is 426 g/mol. The molecule has 3 aromatic heterocycles. The molecule has 9 heteroatoms. The highest BCUT2D eigenvalue weighted by Crippen LogP contribution is 2.24. The molecular formula is C16H18BrClN6O. The molecule has 1 N–H and O–H groups in total. The Morgan fingerprint density at radius 1 is 1.36 bits per heavy atom. The van der Waals surface area contributed by atoms with Crippen LogP contribution in [0.3, 0.4) is 0 Å². The summed E-state index contributed by atoms with van der Waals surface area (Å²) in [6.45, 7) is 3.41. The van der Waals surface area contributed by atoms with Crippen molar-refractivity contribution in [3.8, 4) is 5.75 Å². The molecule has 0 aliphatic heterocycles. The quantitative estimate of drug-likeness (QED) is 0.457. The van der Waals surface area contributed by atoms with E-state index in [1.807, 2.05) is 12.3 Å². The molecule has 0 amide bonds. The number of nitrogens with zero attached hydrogens (tertiary/aromatic N) is 5. The molecule has 0 bridgehead atoms. The van der Waals surface area contributed by atoms with E-state index >= 15 is 0 Å². The highest BCUT2D eigenvalue weighted by molar-refractivity contribution is 9.10. The normalized spacial score (nSPS) is 11.0. The van der Waals surface area contributed by atoms with Crippen LogP contribution in [-0.4, -0.2) is 38.4 Å². The van der Waals surface area contributed by atoms with E-state index in [0.29, 0.717) is 29.1 Å². The number of ether oxygens (including phenoxy) is 1. The van der Waals surface area contributed by atoms with Gasteiger partial charge in [-0.1, -0.05) is 13.3 Å². The Morgan fingerprint density at radius 3 is 2.96 bits per heavy atom. The molecule has 0 spiro atoms. The lowest BCUT2D eigenvalue weighted by atomic mass is 10.3. The summed E-state index contributed by atoms with van der Waals surface area (Å²) in [5.74, 6) is 1.34. The minimum absolute atomic E-state index is 0.199.